The summed E-state index contributed by atoms with van der Waals surface area (Å²) in [4.78, 5) is 13.0. The zero-order chi connectivity index (χ0) is 14.3. The predicted molar refractivity (Wildman–Crippen MR) is 71.1 cm³/mol. The van der Waals surface area contributed by atoms with Gasteiger partial charge >= 0.3 is 0 Å². The van der Waals surface area contributed by atoms with Gasteiger partial charge in [-0.2, -0.15) is 0 Å². The summed E-state index contributed by atoms with van der Waals surface area (Å²) in [7, 11) is 1.56. The lowest BCUT2D eigenvalue weighted by Crippen LogP contribution is -2.28. The zero-order valence-electron chi connectivity index (χ0n) is 10.9. The summed E-state index contributed by atoms with van der Waals surface area (Å²) in [6.45, 7) is 0.433. The molecule has 0 aliphatic carbocycles. The largest absolute Gasteiger partial charge is 0.326 e. The lowest BCUT2D eigenvalue weighted by atomic mass is 10.2. The van der Waals surface area contributed by atoms with Gasteiger partial charge in [-0.25, -0.2) is 8.78 Å². The number of hydrogen-bond acceptors (Lipinski definition) is 3. The first kappa shape index (κ1) is 15.5. The zero-order valence-corrected chi connectivity index (χ0v) is 10.9. The standard InChI is InChI=1S/C13H19F2N3O/c1-18(9-12(14)15)7-6-13(19)17-11-4-2-10(8-16)3-5-11/h2-5,12H,6-9,16H2,1H3,(H,17,19). The van der Waals surface area contributed by atoms with Gasteiger partial charge in [-0.05, 0) is 24.7 Å². The minimum Gasteiger partial charge on any atom is -0.326 e. The fraction of sp³-hybridized carbons (Fsp3) is 0.462. The highest BCUT2D eigenvalue weighted by atomic mass is 19.3. The summed E-state index contributed by atoms with van der Waals surface area (Å²) < 4.78 is 24.2. The first-order valence-electron chi connectivity index (χ1n) is 6.07. The summed E-state index contributed by atoms with van der Waals surface area (Å²) in [6, 6.07) is 7.20. The highest BCUT2D eigenvalue weighted by molar-refractivity contribution is 5.90. The molecule has 0 atom stereocenters. The smallest absolute Gasteiger partial charge is 0.251 e. The summed E-state index contributed by atoms with van der Waals surface area (Å²) in [5.74, 6) is -0.193. The van der Waals surface area contributed by atoms with Crippen molar-refractivity contribution in [2.24, 2.45) is 5.73 Å². The number of benzene rings is 1. The molecule has 6 heteroatoms. The number of alkyl halides is 2. The van der Waals surface area contributed by atoms with Crippen LogP contribution in [0.3, 0.4) is 0 Å². The van der Waals surface area contributed by atoms with Crippen LogP contribution in [-0.2, 0) is 11.3 Å². The minimum atomic E-state index is -2.38. The average molecular weight is 271 g/mol. The second-order valence-corrected chi connectivity index (χ2v) is 4.35. The first-order chi connectivity index (χ1) is 9.01. The van der Waals surface area contributed by atoms with Crippen molar-refractivity contribution in [1.82, 2.24) is 4.90 Å². The van der Waals surface area contributed by atoms with Gasteiger partial charge in [-0.1, -0.05) is 12.1 Å². The van der Waals surface area contributed by atoms with Crippen LogP contribution in [0.25, 0.3) is 0 Å². The average Bonchev–Trinajstić information content (AvgIpc) is 2.36. The van der Waals surface area contributed by atoms with Crippen molar-refractivity contribution < 1.29 is 13.6 Å². The number of carbonyl (C=O) groups excluding carboxylic acids is 1. The van der Waals surface area contributed by atoms with Crippen molar-refractivity contribution in [3.63, 3.8) is 0 Å². The summed E-state index contributed by atoms with van der Waals surface area (Å²) in [5, 5.41) is 2.71. The van der Waals surface area contributed by atoms with Crippen molar-refractivity contribution in [2.45, 2.75) is 19.4 Å². The molecule has 0 spiro atoms. The van der Waals surface area contributed by atoms with E-state index in [1.807, 2.05) is 12.1 Å². The van der Waals surface area contributed by atoms with Crippen molar-refractivity contribution >= 4 is 11.6 Å². The van der Waals surface area contributed by atoms with E-state index in [-0.39, 0.29) is 18.9 Å². The molecule has 106 valence electrons. The number of anilines is 1. The van der Waals surface area contributed by atoms with Crippen LogP contribution in [0.15, 0.2) is 24.3 Å². The Morgan fingerprint density at radius 1 is 1.37 bits per heavy atom. The van der Waals surface area contributed by atoms with Crippen LogP contribution in [0.2, 0.25) is 0 Å². The number of nitrogens with zero attached hydrogens (tertiary/aromatic N) is 1. The maximum Gasteiger partial charge on any atom is 0.251 e. The molecule has 0 bridgehead atoms. The van der Waals surface area contributed by atoms with Gasteiger partial charge in [0.2, 0.25) is 5.91 Å². The highest BCUT2D eigenvalue weighted by Gasteiger charge is 2.09. The fourth-order valence-electron chi connectivity index (χ4n) is 1.57. The van der Waals surface area contributed by atoms with Gasteiger partial charge in [0.1, 0.15) is 0 Å². The van der Waals surface area contributed by atoms with E-state index in [1.54, 1.807) is 19.2 Å². The second kappa shape index (κ2) is 7.81. The Hall–Kier alpha value is -1.53. The Kier molecular flexibility index (Phi) is 6.38. The van der Waals surface area contributed by atoms with E-state index in [2.05, 4.69) is 5.32 Å². The third kappa shape index (κ3) is 6.26. The van der Waals surface area contributed by atoms with Crippen LogP contribution in [0.1, 0.15) is 12.0 Å². The van der Waals surface area contributed by atoms with Gasteiger partial charge in [-0.3, -0.25) is 4.79 Å². The van der Waals surface area contributed by atoms with Crippen molar-refractivity contribution in [3.05, 3.63) is 29.8 Å². The molecule has 0 heterocycles. The number of nitrogens with one attached hydrogen (secondary N) is 1. The van der Waals surface area contributed by atoms with E-state index in [0.717, 1.165) is 5.56 Å². The van der Waals surface area contributed by atoms with Gasteiger partial charge < -0.3 is 16.0 Å². The summed E-state index contributed by atoms with van der Waals surface area (Å²) in [6.07, 6.45) is -2.20. The number of hydrogen-bond donors (Lipinski definition) is 2. The van der Waals surface area contributed by atoms with E-state index < -0.39 is 6.43 Å². The van der Waals surface area contributed by atoms with Gasteiger partial charge in [-0.15, -0.1) is 0 Å². The van der Waals surface area contributed by atoms with Gasteiger partial charge in [0, 0.05) is 25.2 Å². The number of nitrogens with two attached hydrogens (primary N) is 1. The Balaban J connectivity index is 2.34. The Labute approximate surface area is 111 Å². The molecule has 0 unspecified atom stereocenters. The lowest BCUT2D eigenvalue weighted by Gasteiger charge is -2.15. The fourth-order valence-corrected chi connectivity index (χ4v) is 1.57. The molecule has 0 aliphatic rings. The highest BCUT2D eigenvalue weighted by Crippen LogP contribution is 2.09. The van der Waals surface area contributed by atoms with Gasteiger partial charge in [0.05, 0.1) is 6.54 Å². The van der Waals surface area contributed by atoms with Crippen molar-refractivity contribution in [1.29, 1.82) is 0 Å². The quantitative estimate of drug-likeness (QED) is 0.793. The van der Waals surface area contributed by atoms with Crippen LogP contribution in [0.5, 0.6) is 0 Å². The molecule has 3 N–H and O–H groups in total. The molecule has 0 saturated heterocycles. The second-order valence-electron chi connectivity index (χ2n) is 4.35. The van der Waals surface area contributed by atoms with Crippen molar-refractivity contribution in [2.75, 3.05) is 25.5 Å². The Morgan fingerprint density at radius 2 is 2.00 bits per heavy atom. The van der Waals surface area contributed by atoms with Crippen molar-refractivity contribution in [3.8, 4) is 0 Å². The first-order valence-corrected chi connectivity index (χ1v) is 6.07. The molecule has 1 amide bonds. The number of carbonyl (C=O) groups is 1. The molecule has 0 radical (unpaired) electrons. The van der Waals surface area contributed by atoms with Crippen LogP contribution >= 0.6 is 0 Å². The summed E-state index contributed by atoms with van der Waals surface area (Å²) in [5.41, 5.74) is 7.13. The normalized spacial score (nSPS) is 11.1. The Bertz CT molecular complexity index is 395. The van der Waals surface area contributed by atoms with Crippen LogP contribution in [0.4, 0.5) is 14.5 Å². The van der Waals surface area contributed by atoms with E-state index in [0.29, 0.717) is 18.8 Å². The molecule has 1 aromatic rings. The van der Waals surface area contributed by atoms with E-state index in [4.69, 9.17) is 5.73 Å². The van der Waals surface area contributed by atoms with Gasteiger partial charge in [0.15, 0.2) is 0 Å². The maximum atomic E-state index is 12.1. The molecular formula is C13H19F2N3O. The van der Waals surface area contributed by atoms with E-state index in [1.165, 1.54) is 4.90 Å². The third-order valence-electron chi connectivity index (χ3n) is 2.64. The summed E-state index contributed by atoms with van der Waals surface area (Å²) >= 11 is 0. The minimum absolute atomic E-state index is 0.182. The molecule has 19 heavy (non-hydrogen) atoms. The topological polar surface area (TPSA) is 58.4 Å². The molecule has 0 aliphatic heterocycles. The lowest BCUT2D eigenvalue weighted by molar-refractivity contribution is -0.116. The predicted octanol–water partition coefficient (Wildman–Crippen LogP) is 1.67. The molecule has 4 nitrogen and oxygen atoms in total. The third-order valence-corrected chi connectivity index (χ3v) is 2.64. The van der Waals surface area contributed by atoms with Crippen LogP contribution in [-0.4, -0.2) is 37.4 Å². The van der Waals surface area contributed by atoms with E-state index in [9.17, 15) is 13.6 Å². The molecule has 0 saturated carbocycles. The molecule has 1 rings (SSSR count). The molecule has 0 aromatic heterocycles. The number of amides is 1. The van der Waals surface area contributed by atoms with Gasteiger partial charge in [0.25, 0.3) is 6.43 Å². The maximum absolute atomic E-state index is 12.1. The van der Waals surface area contributed by atoms with Crippen LogP contribution < -0.4 is 11.1 Å². The van der Waals surface area contributed by atoms with Crippen LogP contribution in [0, 0.1) is 0 Å². The molecule has 1 aromatic carbocycles. The Morgan fingerprint density at radius 3 is 2.53 bits per heavy atom. The monoisotopic (exact) mass is 271 g/mol. The molecular weight excluding hydrogens is 252 g/mol. The molecule has 0 fully saturated rings. The number of rotatable bonds is 7. The SMILES string of the molecule is CN(CCC(=O)Nc1ccc(CN)cc1)CC(F)F. The van der Waals surface area contributed by atoms with E-state index >= 15 is 0 Å². The number of halogens is 2.